The molecule has 4 amide bonds. The first kappa shape index (κ1) is 30.1. The summed E-state index contributed by atoms with van der Waals surface area (Å²) in [6.45, 7) is 4.09. The quantitative estimate of drug-likeness (QED) is 0.126. The van der Waals surface area contributed by atoms with Crippen molar-refractivity contribution < 1.29 is 24.3 Å². The van der Waals surface area contributed by atoms with Gasteiger partial charge in [-0.15, -0.1) is 0 Å². The second kappa shape index (κ2) is 18.6. The number of anilines is 1. The number of rotatable bonds is 11. The molecule has 1 rings (SSSR count). The third-order valence-corrected chi connectivity index (χ3v) is 11.6. The number of carbonyl (C=O) groups is 4. The summed E-state index contributed by atoms with van der Waals surface area (Å²) in [7, 11) is 0. The molecular weight excluding hydrogens is 745 g/mol. The smallest absolute Gasteiger partial charge is 0.315 e. The van der Waals surface area contributed by atoms with Crippen molar-refractivity contribution in [2.24, 2.45) is 0 Å². The Morgan fingerprint density at radius 1 is 1.10 bits per heavy atom. The molecule has 0 fully saturated rings. The Labute approximate surface area is 209 Å². The molecule has 0 unspecified atom stereocenters. The van der Waals surface area contributed by atoms with E-state index < -0.39 is 17.8 Å². The van der Waals surface area contributed by atoms with Crippen molar-refractivity contribution in [3.8, 4) is 0 Å². The largest absolute Gasteiger partial charge is 0.336 e. The second-order valence-electron chi connectivity index (χ2n) is 6.25. The molecule has 0 aliphatic rings. The minimum absolute atomic E-state index is 0.0117. The van der Waals surface area contributed by atoms with Gasteiger partial charge in [0.05, 0.1) is 6.54 Å². The normalized spacial score (nSPS) is 11.2. The predicted octanol–water partition coefficient (Wildman–Crippen LogP) is 4.72. The van der Waals surface area contributed by atoms with Crippen LogP contribution in [0.2, 0.25) is 0 Å². The van der Waals surface area contributed by atoms with E-state index in [1.54, 1.807) is 6.92 Å². The van der Waals surface area contributed by atoms with Crippen LogP contribution in [0.5, 0.6) is 0 Å². The van der Waals surface area contributed by atoms with Crippen LogP contribution in [0.15, 0.2) is 24.3 Å². The fourth-order valence-corrected chi connectivity index (χ4v) is 6.61. The van der Waals surface area contributed by atoms with Gasteiger partial charge in [0.25, 0.3) is 0 Å². The van der Waals surface area contributed by atoms with Gasteiger partial charge in [0.1, 0.15) is 6.29 Å². The van der Waals surface area contributed by atoms with Crippen LogP contribution in [0.3, 0.4) is 0 Å². The SMILES string of the molecule is CCC(=O)O.C[C@H](CCCCNC(=O)Nc1ccc(I(I)I)cc1)NC(=O)NCC=O. The number of hydrogen-bond acceptors (Lipinski definition) is 4. The molecule has 0 aliphatic heterocycles. The Morgan fingerprint density at radius 2 is 1.71 bits per heavy atom. The van der Waals surface area contributed by atoms with Crippen LogP contribution >= 0.6 is 49.1 Å². The minimum Gasteiger partial charge on any atom is -0.336 e. The van der Waals surface area contributed by atoms with Crippen LogP contribution in [0.4, 0.5) is 15.3 Å². The van der Waals surface area contributed by atoms with Gasteiger partial charge in [-0.2, -0.15) is 0 Å². The van der Waals surface area contributed by atoms with Crippen LogP contribution in [0.1, 0.15) is 39.5 Å². The molecule has 0 saturated heterocycles. The third-order valence-electron chi connectivity index (χ3n) is 3.64. The van der Waals surface area contributed by atoms with Gasteiger partial charge in [-0.05, 0) is 6.92 Å². The van der Waals surface area contributed by atoms with E-state index in [4.69, 9.17) is 5.11 Å². The number of carbonyl (C=O) groups excluding carboxylic acids is 3. The maximum Gasteiger partial charge on any atom is 0.315 e. The molecule has 0 bridgehead atoms. The average molecular weight is 774 g/mol. The zero-order valence-electron chi connectivity index (χ0n) is 17.4. The van der Waals surface area contributed by atoms with Crippen LogP contribution in [0.25, 0.3) is 0 Å². The van der Waals surface area contributed by atoms with E-state index >= 15 is 0 Å². The van der Waals surface area contributed by atoms with Crippen LogP contribution in [-0.4, -0.2) is 48.6 Å². The number of carboxylic acids is 1. The first-order valence-corrected chi connectivity index (χ1v) is 23.2. The molecule has 0 spiro atoms. The number of aliphatic carboxylic acids is 1. The van der Waals surface area contributed by atoms with Crippen LogP contribution < -0.4 is 21.3 Å². The van der Waals surface area contributed by atoms with E-state index in [0.29, 0.717) is 12.8 Å². The number of aldehydes is 1. The fraction of sp³-hybridized carbons (Fsp3) is 0.474. The zero-order valence-corrected chi connectivity index (χ0v) is 23.9. The van der Waals surface area contributed by atoms with Crippen molar-refractivity contribution in [1.82, 2.24) is 16.0 Å². The molecule has 31 heavy (non-hydrogen) atoms. The number of benzene rings is 1. The molecule has 0 aliphatic carbocycles. The Balaban J connectivity index is 0.00000161. The molecule has 1 atom stereocenters. The third kappa shape index (κ3) is 17.3. The summed E-state index contributed by atoms with van der Waals surface area (Å²) in [4.78, 5) is 42.8. The number of halogens is 3. The molecule has 12 heteroatoms. The summed E-state index contributed by atoms with van der Waals surface area (Å²) in [5, 5.41) is 18.6. The molecule has 0 saturated carbocycles. The Morgan fingerprint density at radius 3 is 2.23 bits per heavy atom. The maximum absolute atomic E-state index is 11.9. The van der Waals surface area contributed by atoms with E-state index in [9.17, 15) is 19.2 Å². The molecular formula is C19H29I3N4O5. The summed E-state index contributed by atoms with van der Waals surface area (Å²) in [5.41, 5.74) is 0.788. The van der Waals surface area contributed by atoms with Gasteiger partial charge < -0.3 is 20.5 Å². The second-order valence-corrected chi connectivity index (χ2v) is 30.0. The van der Waals surface area contributed by atoms with E-state index in [2.05, 4.69) is 70.6 Å². The first-order chi connectivity index (χ1) is 14.7. The molecule has 0 heterocycles. The Bertz CT molecular complexity index is 690. The van der Waals surface area contributed by atoms with Crippen molar-refractivity contribution in [1.29, 1.82) is 0 Å². The van der Waals surface area contributed by atoms with E-state index in [1.807, 2.05) is 19.1 Å². The van der Waals surface area contributed by atoms with Gasteiger partial charge in [0, 0.05) is 6.42 Å². The molecule has 0 aromatic heterocycles. The number of urea groups is 2. The molecule has 5 N–H and O–H groups in total. The molecule has 0 radical (unpaired) electrons. The van der Waals surface area contributed by atoms with Crippen molar-refractivity contribution >= 4 is 79.1 Å². The van der Waals surface area contributed by atoms with Gasteiger partial charge >= 0.3 is 148 Å². The molecule has 9 nitrogen and oxygen atoms in total. The summed E-state index contributed by atoms with van der Waals surface area (Å²) in [5.74, 6) is -0.745. The number of unbranched alkanes of at least 4 members (excludes halogenated alkanes) is 1. The fourth-order valence-electron chi connectivity index (χ4n) is 2.06. The zero-order chi connectivity index (χ0) is 23.6. The Kier molecular flexibility index (Phi) is 18.1. The van der Waals surface area contributed by atoms with E-state index in [1.165, 1.54) is 3.57 Å². The summed E-state index contributed by atoms with van der Waals surface area (Å²) >= 11 is 3.95. The first-order valence-electron chi connectivity index (χ1n) is 9.57. The van der Waals surface area contributed by atoms with Gasteiger partial charge in [0.2, 0.25) is 0 Å². The number of carboxylic acid groups (broad SMARTS) is 1. The Hall–Kier alpha value is -0.910. The van der Waals surface area contributed by atoms with Crippen LogP contribution in [0, 0.1) is 3.57 Å². The standard InChI is InChI=1S/C16H23I3N4O3.C3H6O2/c1-12(22-15(25)21-10-11-24)4-2-3-9-20-16(26)23-14-7-5-13(6-8-14)19(17)18;1-2-3(4)5/h5-8,11-12H,2-4,9-10H2,1H3,(H2,20,23,26)(H2,21,22,25);2H2,1H3,(H,4,5)/t12-;/m1./s1. The average Bonchev–Trinajstić information content (AvgIpc) is 2.72. The maximum atomic E-state index is 11.9. The topological polar surface area (TPSA) is 137 Å². The van der Waals surface area contributed by atoms with Gasteiger partial charge in [-0.25, -0.2) is 4.79 Å². The number of hydrogen-bond donors (Lipinski definition) is 5. The van der Waals surface area contributed by atoms with Gasteiger partial charge in [-0.1, -0.05) is 6.92 Å². The summed E-state index contributed by atoms with van der Waals surface area (Å²) in [6, 6.07) is 7.46. The van der Waals surface area contributed by atoms with Crippen LogP contribution in [-0.2, 0) is 9.59 Å². The van der Waals surface area contributed by atoms with Crippen molar-refractivity contribution in [3.05, 3.63) is 27.8 Å². The predicted molar refractivity (Wildman–Crippen MR) is 148 cm³/mol. The number of nitrogens with one attached hydrogen (secondary N) is 4. The van der Waals surface area contributed by atoms with E-state index in [0.717, 1.165) is 24.9 Å². The van der Waals surface area contributed by atoms with Gasteiger partial charge in [0.15, 0.2) is 0 Å². The van der Waals surface area contributed by atoms with Crippen molar-refractivity contribution in [2.75, 3.05) is 18.4 Å². The number of amides is 4. The van der Waals surface area contributed by atoms with Gasteiger partial charge in [-0.3, -0.25) is 4.79 Å². The molecule has 1 aromatic carbocycles. The molecule has 1 aromatic rings. The van der Waals surface area contributed by atoms with E-state index in [-0.39, 0.29) is 31.1 Å². The monoisotopic (exact) mass is 774 g/mol. The summed E-state index contributed by atoms with van der Waals surface area (Å²) in [6.07, 6.45) is 3.37. The molecule has 176 valence electrons. The minimum atomic E-state index is -1.03. The van der Waals surface area contributed by atoms with Crippen molar-refractivity contribution in [2.45, 2.75) is 45.6 Å². The van der Waals surface area contributed by atoms with Crippen molar-refractivity contribution in [3.63, 3.8) is 0 Å². The summed E-state index contributed by atoms with van der Waals surface area (Å²) < 4.78 is 1.36.